The molecule has 0 rings (SSSR count). The first kappa shape index (κ1) is 20.5. The van der Waals surface area contributed by atoms with Crippen LogP contribution in [-0.4, -0.2) is 67.7 Å². The molecule has 0 saturated heterocycles. The lowest BCUT2D eigenvalue weighted by atomic mass is 10.2. The van der Waals surface area contributed by atoms with E-state index >= 15 is 0 Å². The van der Waals surface area contributed by atoms with Crippen molar-refractivity contribution in [1.29, 1.82) is 0 Å². The molecular formula is C16H34N4O2. The van der Waals surface area contributed by atoms with Crippen LogP contribution in [0, 0.1) is 0 Å². The average Bonchev–Trinajstić information content (AvgIpc) is 2.43. The lowest BCUT2D eigenvalue weighted by Crippen LogP contribution is -2.45. The van der Waals surface area contributed by atoms with Gasteiger partial charge in [-0.3, -0.25) is 4.99 Å². The van der Waals surface area contributed by atoms with Crippen LogP contribution < -0.4 is 5.32 Å². The Morgan fingerprint density at radius 2 is 1.86 bits per heavy atom. The van der Waals surface area contributed by atoms with Crippen molar-refractivity contribution in [2.75, 3.05) is 40.3 Å². The predicted octanol–water partition coefficient (Wildman–Crippen LogP) is 2.55. The number of carbonyl (C=O) groups excluding carboxylic acids is 1. The summed E-state index contributed by atoms with van der Waals surface area (Å²) < 4.78 is 5.39. The van der Waals surface area contributed by atoms with Crippen molar-refractivity contribution in [1.82, 2.24) is 15.1 Å². The number of unbranched alkanes of at least 4 members (excludes halogenated alkanes) is 1. The van der Waals surface area contributed by atoms with Crippen LogP contribution in [0.5, 0.6) is 0 Å². The third-order valence-corrected chi connectivity index (χ3v) is 3.12. The second-order valence-electron chi connectivity index (χ2n) is 6.31. The van der Waals surface area contributed by atoms with Gasteiger partial charge in [-0.2, -0.15) is 0 Å². The van der Waals surface area contributed by atoms with E-state index in [1.54, 1.807) is 11.9 Å². The number of rotatable bonds is 7. The van der Waals surface area contributed by atoms with E-state index in [0.29, 0.717) is 19.6 Å². The summed E-state index contributed by atoms with van der Waals surface area (Å²) in [4.78, 5) is 20.1. The number of likely N-dealkylation sites (N-methyl/N-ethyl adjacent to an activating group) is 1. The summed E-state index contributed by atoms with van der Waals surface area (Å²) in [5.74, 6) is 0.855. The Kier molecular flexibility index (Phi) is 9.61. The standard InChI is InChI=1S/C16H34N4O2/c1-8-10-12-19(7)14(17-6)18-11-13-20(9-2)15(21)22-16(3,4)5/h8-13H2,1-7H3,(H,17,18). The molecule has 0 unspecified atom stereocenters. The van der Waals surface area contributed by atoms with Crippen LogP contribution in [-0.2, 0) is 4.74 Å². The van der Waals surface area contributed by atoms with Crippen LogP contribution in [0.4, 0.5) is 4.79 Å². The van der Waals surface area contributed by atoms with Gasteiger partial charge in [0.25, 0.3) is 0 Å². The molecule has 0 aliphatic carbocycles. The Hall–Kier alpha value is -1.46. The zero-order valence-corrected chi connectivity index (χ0v) is 15.4. The van der Waals surface area contributed by atoms with Crippen LogP contribution in [0.25, 0.3) is 0 Å². The molecule has 6 heteroatoms. The third kappa shape index (κ3) is 8.74. The van der Waals surface area contributed by atoms with Gasteiger partial charge < -0.3 is 19.9 Å². The van der Waals surface area contributed by atoms with E-state index in [9.17, 15) is 4.79 Å². The van der Waals surface area contributed by atoms with E-state index in [1.807, 2.05) is 34.7 Å². The highest BCUT2D eigenvalue weighted by molar-refractivity contribution is 5.79. The van der Waals surface area contributed by atoms with Crippen LogP contribution in [0.1, 0.15) is 47.5 Å². The fraction of sp³-hybridized carbons (Fsp3) is 0.875. The summed E-state index contributed by atoms with van der Waals surface area (Å²) in [6.07, 6.45) is 2.02. The van der Waals surface area contributed by atoms with E-state index in [0.717, 1.165) is 25.3 Å². The van der Waals surface area contributed by atoms with Gasteiger partial charge in [-0.1, -0.05) is 13.3 Å². The van der Waals surface area contributed by atoms with Crippen molar-refractivity contribution < 1.29 is 9.53 Å². The summed E-state index contributed by atoms with van der Waals surface area (Å²) in [7, 11) is 3.80. The van der Waals surface area contributed by atoms with Crippen molar-refractivity contribution in [2.45, 2.75) is 53.1 Å². The maximum atomic E-state index is 12.0. The first-order valence-electron chi connectivity index (χ1n) is 8.14. The maximum Gasteiger partial charge on any atom is 0.410 e. The summed E-state index contributed by atoms with van der Waals surface area (Å²) in [5, 5.41) is 3.29. The molecule has 0 aliphatic rings. The highest BCUT2D eigenvalue weighted by atomic mass is 16.6. The molecule has 0 aromatic carbocycles. The monoisotopic (exact) mass is 314 g/mol. The van der Waals surface area contributed by atoms with Crippen molar-refractivity contribution in [3.8, 4) is 0 Å². The summed E-state index contributed by atoms with van der Waals surface area (Å²) >= 11 is 0. The van der Waals surface area contributed by atoms with Crippen LogP contribution in [0.3, 0.4) is 0 Å². The van der Waals surface area contributed by atoms with Gasteiger partial charge in [0.1, 0.15) is 5.60 Å². The number of nitrogens with one attached hydrogen (secondary N) is 1. The molecule has 0 aromatic heterocycles. The number of nitrogens with zero attached hydrogens (tertiary/aromatic N) is 3. The third-order valence-electron chi connectivity index (χ3n) is 3.12. The molecule has 0 spiro atoms. The summed E-state index contributed by atoms with van der Waals surface area (Å²) in [5.41, 5.74) is -0.464. The molecule has 0 radical (unpaired) electrons. The molecule has 0 bridgehead atoms. The Labute approximate surface area is 135 Å². The maximum absolute atomic E-state index is 12.0. The Balaban J connectivity index is 4.31. The second kappa shape index (κ2) is 10.3. The average molecular weight is 314 g/mol. The quantitative estimate of drug-likeness (QED) is 0.579. The first-order valence-corrected chi connectivity index (χ1v) is 8.14. The predicted molar refractivity (Wildman–Crippen MR) is 92.4 cm³/mol. The SMILES string of the molecule is CCCCN(C)C(=NC)NCCN(CC)C(=O)OC(C)(C)C. The molecule has 1 N–H and O–H groups in total. The Morgan fingerprint density at radius 3 is 2.32 bits per heavy atom. The van der Waals surface area contributed by atoms with Gasteiger partial charge in [0.15, 0.2) is 5.96 Å². The van der Waals surface area contributed by atoms with Crippen LogP contribution in [0.2, 0.25) is 0 Å². The summed E-state index contributed by atoms with van der Waals surface area (Å²) in [6, 6.07) is 0. The zero-order valence-electron chi connectivity index (χ0n) is 15.4. The number of carbonyl (C=O) groups is 1. The topological polar surface area (TPSA) is 57.2 Å². The normalized spacial score (nSPS) is 12.0. The second-order valence-corrected chi connectivity index (χ2v) is 6.31. The largest absolute Gasteiger partial charge is 0.444 e. The fourth-order valence-corrected chi connectivity index (χ4v) is 1.89. The number of guanidine groups is 1. The summed E-state index contributed by atoms with van der Waals surface area (Å²) in [6.45, 7) is 12.6. The highest BCUT2D eigenvalue weighted by Crippen LogP contribution is 2.09. The van der Waals surface area contributed by atoms with Gasteiger partial charge in [0, 0.05) is 40.3 Å². The van der Waals surface area contributed by atoms with Crippen molar-refractivity contribution in [2.24, 2.45) is 4.99 Å². The molecule has 0 heterocycles. The molecule has 130 valence electrons. The minimum absolute atomic E-state index is 0.272. The molecule has 0 aromatic rings. The lowest BCUT2D eigenvalue weighted by molar-refractivity contribution is 0.0263. The van der Waals surface area contributed by atoms with Gasteiger partial charge in [-0.15, -0.1) is 0 Å². The van der Waals surface area contributed by atoms with Crippen molar-refractivity contribution >= 4 is 12.1 Å². The van der Waals surface area contributed by atoms with Crippen LogP contribution in [0.15, 0.2) is 4.99 Å². The molecular weight excluding hydrogens is 280 g/mol. The van der Waals surface area contributed by atoms with Gasteiger partial charge in [0.05, 0.1) is 0 Å². The molecule has 22 heavy (non-hydrogen) atoms. The minimum Gasteiger partial charge on any atom is -0.444 e. The van der Waals surface area contributed by atoms with Crippen molar-refractivity contribution in [3.63, 3.8) is 0 Å². The van der Waals surface area contributed by atoms with E-state index in [-0.39, 0.29) is 6.09 Å². The van der Waals surface area contributed by atoms with E-state index in [4.69, 9.17) is 4.74 Å². The Bertz CT molecular complexity index is 351. The number of aliphatic imine (C=N–C) groups is 1. The zero-order chi connectivity index (χ0) is 17.2. The number of hydrogen-bond donors (Lipinski definition) is 1. The van der Waals surface area contributed by atoms with E-state index < -0.39 is 5.60 Å². The molecule has 0 fully saturated rings. The minimum atomic E-state index is -0.464. The Morgan fingerprint density at radius 1 is 1.23 bits per heavy atom. The molecule has 1 amide bonds. The fourth-order valence-electron chi connectivity index (χ4n) is 1.89. The lowest BCUT2D eigenvalue weighted by Gasteiger charge is -2.27. The van der Waals surface area contributed by atoms with Crippen molar-refractivity contribution in [3.05, 3.63) is 0 Å². The smallest absolute Gasteiger partial charge is 0.410 e. The van der Waals surface area contributed by atoms with Gasteiger partial charge >= 0.3 is 6.09 Å². The van der Waals surface area contributed by atoms with Crippen LogP contribution >= 0.6 is 0 Å². The number of ether oxygens (including phenoxy) is 1. The molecule has 0 atom stereocenters. The molecule has 0 saturated carbocycles. The van der Waals surface area contributed by atoms with Gasteiger partial charge in [-0.05, 0) is 34.1 Å². The highest BCUT2D eigenvalue weighted by Gasteiger charge is 2.20. The molecule has 0 aliphatic heterocycles. The first-order chi connectivity index (χ1) is 10.2. The number of amides is 1. The van der Waals surface area contributed by atoms with E-state index in [1.165, 1.54) is 0 Å². The number of hydrogen-bond acceptors (Lipinski definition) is 3. The molecule has 6 nitrogen and oxygen atoms in total. The van der Waals surface area contributed by atoms with Gasteiger partial charge in [-0.25, -0.2) is 4.79 Å². The van der Waals surface area contributed by atoms with Gasteiger partial charge in [0.2, 0.25) is 0 Å². The van der Waals surface area contributed by atoms with E-state index in [2.05, 4.69) is 22.1 Å².